The van der Waals surface area contributed by atoms with Crippen LogP contribution in [0.2, 0.25) is 0 Å². The molecule has 24 heavy (non-hydrogen) atoms. The van der Waals surface area contributed by atoms with Gasteiger partial charge in [0.15, 0.2) is 0 Å². The van der Waals surface area contributed by atoms with E-state index in [4.69, 9.17) is 0 Å². The Bertz CT molecular complexity index is 374. The highest BCUT2D eigenvalue weighted by molar-refractivity contribution is 4.97. The van der Waals surface area contributed by atoms with Crippen LogP contribution < -0.4 is 0 Å². The van der Waals surface area contributed by atoms with Crippen LogP contribution in [0, 0.1) is 40.4 Å². The first-order valence-corrected chi connectivity index (χ1v) is 10.8. The zero-order valence-electron chi connectivity index (χ0n) is 18.1. The van der Waals surface area contributed by atoms with Crippen molar-refractivity contribution >= 4 is 0 Å². The van der Waals surface area contributed by atoms with E-state index in [2.05, 4.69) is 68.0 Å². The van der Waals surface area contributed by atoms with Gasteiger partial charge in [-0.3, -0.25) is 0 Å². The number of allylic oxidation sites excluding steroid dienone is 1. The van der Waals surface area contributed by atoms with Gasteiger partial charge in [-0.1, -0.05) is 80.7 Å². The van der Waals surface area contributed by atoms with Gasteiger partial charge in [0, 0.05) is 0 Å². The molecule has 1 aliphatic carbocycles. The zero-order chi connectivity index (χ0) is 18.5. The summed E-state index contributed by atoms with van der Waals surface area (Å²) in [5, 5.41) is 0. The molecule has 0 aliphatic heterocycles. The minimum absolute atomic E-state index is 0.376. The lowest BCUT2D eigenvalue weighted by atomic mass is 9.54. The van der Waals surface area contributed by atoms with E-state index in [0.29, 0.717) is 10.8 Å². The van der Waals surface area contributed by atoms with Crippen molar-refractivity contribution in [3.8, 4) is 0 Å². The molecule has 0 aromatic heterocycles. The summed E-state index contributed by atoms with van der Waals surface area (Å²) in [5.74, 6) is 4.56. The molecule has 1 fully saturated rings. The molecular weight excluding hydrogens is 288 g/mol. The van der Waals surface area contributed by atoms with E-state index in [1.165, 1.54) is 44.9 Å². The predicted molar refractivity (Wildman–Crippen MR) is 110 cm³/mol. The molecule has 6 atom stereocenters. The van der Waals surface area contributed by atoms with Gasteiger partial charge in [-0.25, -0.2) is 0 Å². The van der Waals surface area contributed by atoms with Crippen molar-refractivity contribution in [3.05, 3.63) is 12.7 Å². The molecular formula is C24H46. The summed E-state index contributed by atoms with van der Waals surface area (Å²) in [6, 6.07) is 0. The molecule has 0 radical (unpaired) electrons. The normalized spacial score (nSPS) is 27.7. The first-order valence-electron chi connectivity index (χ1n) is 10.8. The topological polar surface area (TPSA) is 0 Å². The Morgan fingerprint density at radius 3 is 1.92 bits per heavy atom. The second-order valence-electron chi connectivity index (χ2n) is 10.0. The molecule has 0 bridgehead atoms. The molecule has 0 heterocycles. The summed E-state index contributed by atoms with van der Waals surface area (Å²) in [7, 11) is 0. The van der Waals surface area contributed by atoms with Crippen molar-refractivity contribution in [2.75, 3.05) is 0 Å². The molecule has 0 amide bonds. The van der Waals surface area contributed by atoms with Gasteiger partial charge in [-0.2, -0.15) is 0 Å². The molecule has 0 aromatic carbocycles. The molecule has 0 heteroatoms. The van der Waals surface area contributed by atoms with Crippen LogP contribution >= 0.6 is 0 Å². The van der Waals surface area contributed by atoms with E-state index in [1.54, 1.807) is 0 Å². The summed E-state index contributed by atoms with van der Waals surface area (Å²) >= 11 is 0. The molecule has 0 saturated heterocycles. The Balaban J connectivity index is 2.94. The summed E-state index contributed by atoms with van der Waals surface area (Å²) in [6.07, 6.45) is 11.7. The van der Waals surface area contributed by atoms with Crippen molar-refractivity contribution in [1.82, 2.24) is 0 Å². The smallest absolute Gasteiger partial charge is 0.0277 e. The lowest BCUT2D eigenvalue weighted by Crippen LogP contribution is -2.43. The van der Waals surface area contributed by atoms with Crippen LogP contribution in [-0.2, 0) is 0 Å². The van der Waals surface area contributed by atoms with Crippen LogP contribution in [0.25, 0.3) is 0 Å². The average molecular weight is 335 g/mol. The summed E-state index contributed by atoms with van der Waals surface area (Å²) in [4.78, 5) is 0. The monoisotopic (exact) mass is 334 g/mol. The number of hydrogen-bond donors (Lipinski definition) is 0. The third-order valence-corrected chi connectivity index (χ3v) is 8.16. The summed E-state index contributed by atoms with van der Waals surface area (Å²) in [6.45, 7) is 23.6. The maximum Gasteiger partial charge on any atom is -0.0277 e. The minimum atomic E-state index is 0.376. The second kappa shape index (κ2) is 8.91. The van der Waals surface area contributed by atoms with Crippen LogP contribution in [0.4, 0.5) is 0 Å². The van der Waals surface area contributed by atoms with Crippen molar-refractivity contribution in [2.45, 2.75) is 100 Å². The van der Waals surface area contributed by atoms with Crippen LogP contribution in [0.1, 0.15) is 100 Å². The maximum absolute atomic E-state index is 4.10. The van der Waals surface area contributed by atoms with E-state index < -0.39 is 0 Å². The largest absolute Gasteiger partial charge is 0.103 e. The van der Waals surface area contributed by atoms with Crippen molar-refractivity contribution in [2.24, 2.45) is 40.4 Å². The Kier molecular flexibility index (Phi) is 8.08. The van der Waals surface area contributed by atoms with Crippen LogP contribution in [0.5, 0.6) is 0 Å². The highest BCUT2D eigenvalue weighted by Crippen LogP contribution is 2.54. The molecule has 0 spiro atoms. The quantitative estimate of drug-likeness (QED) is 0.354. The molecule has 0 nitrogen and oxygen atoms in total. The standard InChI is InChI=1S/C24H46/c1-10-14-19(17-24(9,13-4)23(6,7)8)21-15-16-22(21)20(12-3)18(5)11-2/h10,18-22H,1,11-17H2,2-9H3. The second-order valence-corrected chi connectivity index (χ2v) is 10.0. The Labute approximate surface area is 153 Å². The lowest BCUT2D eigenvalue weighted by Gasteiger charge is -2.51. The van der Waals surface area contributed by atoms with Gasteiger partial charge in [0.05, 0.1) is 0 Å². The van der Waals surface area contributed by atoms with Gasteiger partial charge < -0.3 is 0 Å². The molecule has 6 unspecified atom stereocenters. The fourth-order valence-electron chi connectivity index (χ4n) is 5.28. The molecule has 1 aliphatic rings. The highest BCUT2D eigenvalue weighted by atomic mass is 14.5. The third-order valence-electron chi connectivity index (χ3n) is 8.16. The zero-order valence-corrected chi connectivity index (χ0v) is 18.1. The van der Waals surface area contributed by atoms with Crippen LogP contribution in [0.3, 0.4) is 0 Å². The summed E-state index contributed by atoms with van der Waals surface area (Å²) in [5.41, 5.74) is 0.806. The van der Waals surface area contributed by atoms with Crippen LogP contribution in [0.15, 0.2) is 12.7 Å². The Morgan fingerprint density at radius 1 is 1.00 bits per heavy atom. The molecule has 0 N–H and O–H groups in total. The van der Waals surface area contributed by atoms with Crippen LogP contribution in [-0.4, -0.2) is 0 Å². The van der Waals surface area contributed by atoms with E-state index in [0.717, 1.165) is 29.6 Å². The highest BCUT2D eigenvalue weighted by Gasteiger charge is 2.45. The van der Waals surface area contributed by atoms with Gasteiger partial charge in [-0.15, -0.1) is 6.58 Å². The maximum atomic E-state index is 4.10. The van der Waals surface area contributed by atoms with E-state index in [9.17, 15) is 0 Å². The molecule has 1 rings (SSSR count). The van der Waals surface area contributed by atoms with E-state index >= 15 is 0 Å². The lowest BCUT2D eigenvalue weighted by molar-refractivity contribution is -0.0144. The van der Waals surface area contributed by atoms with Gasteiger partial charge in [0.1, 0.15) is 0 Å². The van der Waals surface area contributed by atoms with E-state index in [1.807, 2.05) is 0 Å². The first kappa shape index (κ1) is 21.8. The van der Waals surface area contributed by atoms with E-state index in [-0.39, 0.29) is 0 Å². The average Bonchev–Trinajstić information content (AvgIpc) is 2.49. The fraction of sp³-hybridized carbons (Fsp3) is 0.917. The van der Waals surface area contributed by atoms with Crippen molar-refractivity contribution < 1.29 is 0 Å². The molecule has 0 aromatic rings. The van der Waals surface area contributed by atoms with Crippen molar-refractivity contribution in [1.29, 1.82) is 0 Å². The van der Waals surface area contributed by atoms with Gasteiger partial charge in [0.2, 0.25) is 0 Å². The van der Waals surface area contributed by atoms with Crippen molar-refractivity contribution in [3.63, 3.8) is 0 Å². The molecule has 1 saturated carbocycles. The SMILES string of the molecule is C=CCC(CC(C)(CC)C(C)(C)C)C1CCC1C(CC)C(C)CC. The van der Waals surface area contributed by atoms with Gasteiger partial charge >= 0.3 is 0 Å². The third kappa shape index (κ3) is 4.67. The Morgan fingerprint density at radius 2 is 1.58 bits per heavy atom. The first-order chi connectivity index (χ1) is 11.1. The van der Waals surface area contributed by atoms with Gasteiger partial charge in [0.25, 0.3) is 0 Å². The minimum Gasteiger partial charge on any atom is -0.103 e. The summed E-state index contributed by atoms with van der Waals surface area (Å²) < 4.78 is 0. The number of rotatable bonds is 10. The fourth-order valence-corrected chi connectivity index (χ4v) is 5.28. The van der Waals surface area contributed by atoms with Gasteiger partial charge in [-0.05, 0) is 66.1 Å². The molecule has 142 valence electrons. The Hall–Kier alpha value is -0.260. The predicted octanol–water partition coefficient (Wildman–Crippen LogP) is 8.13. The number of hydrogen-bond acceptors (Lipinski definition) is 0.